The van der Waals surface area contributed by atoms with Crippen LogP contribution in [0.5, 0.6) is 0 Å². The highest BCUT2D eigenvalue weighted by Crippen LogP contribution is 2.23. The Bertz CT molecular complexity index is 1060. The van der Waals surface area contributed by atoms with E-state index >= 15 is 0 Å². The molecule has 2 aromatic carbocycles. The summed E-state index contributed by atoms with van der Waals surface area (Å²) in [4.78, 5) is 21.3. The van der Waals surface area contributed by atoms with E-state index in [-0.39, 0.29) is 11.7 Å². The molecule has 7 heteroatoms. The molecule has 4 aromatic rings. The van der Waals surface area contributed by atoms with E-state index in [4.69, 9.17) is 0 Å². The van der Waals surface area contributed by atoms with Crippen LogP contribution < -0.4 is 5.32 Å². The Labute approximate surface area is 148 Å². The monoisotopic (exact) mass is 349 g/mol. The van der Waals surface area contributed by atoms with E-state index in [1.807, 2.05) is 61.5 Å². The molecule has 0 saturated carbocycles. The van der Waals surface area contributed by atoms with E-state index in [1.54, 1.807) is 4.52 Å². The molecule has 0 spiro atoms. The normalized spacial score (nSPS) is 11.1. The molecule has 2 heterocycles. The van der Waals surface area contributed by atoms with Crippen molar-refractivity contribution in [2.24, 2.45) is 0 Å². The van der Waals surface area contributed by atoms with Gasteiger partial charge in [-0.25, -0.2) is 9.97 Å². The van der Waals surface area contributed by atoms with Gasteiger partial charge in [0.15, 0.2) is 10.8 Å². The lowest BCUT2D eigenvalue weighted by Gasteiger charge is -2.07. The molecule has 0 unspecified atom stereocenters. The van der Waals surface area contributed by atoms with E-state index in [2.05, 4.69) is 20.4 Å². The van der Waals surface area contributed by atoms with Crippen LogP contribution in [0.1, 0.15) is 5.82 Å². The van der Waals surface area contributed by atoms with E-state index in [1.165, 1.54) is 11.8 Å². The number of thioether (sulfide) groups is 1. The second kappa shape index (κ2) is 6.52. The van der Waals surface area contributed by atoms with Gasteiger partial charge in [-0.05, 0) is 31.2 Å². The Kier molecular flexibility index (Phi) is 4.07. The van der Waals surface area contributed by atoms with Crippen molar-refractivity contribution in [2.45, 2.75) is 12.1 Å². The van der Waals surface area contributed by atoms with Gasteiger partial charge in [-0.2, -0.15) is 4.52 Å². The number of rotatable bonds is 4. The zero-order valence-electron chi connectivity index (χ0n) is 13.5. The molecule has 6 nitrogen and oxygen atoms in total. The first-order chi connectivity index (χ1) is 12.2. The largest absolute Gasteiger partial charge is 0.325 e. The molecule has 0 atom stereocenters. The average Bonchev–Trinajstić information content (AvgIpc) is 3.02. The lowest BCUT2D eigenvalue weighted by molar-refractivity contribution is -0.113. The first-order valence-electron chi connectivity index (χ1n) is 7.80. The number of aromatic nitrogens is 4. The van der Waals surface area contributed by atoms with Crippen LogP contribution in [0.15, 0.2) is 59.8 Å². The van der Waals surface area contributed by atoms with Gasteiger partial charge in [0.25, 0.3) is 0 Å². The smallest absolute Gasteiger partial charge is 0.234 e. The standard InChI is InChI=1S/C18H15N5OS/c1-12-19-17-14-9-5-6-10-15(14)21-18(23(17)22-12)25-11-16(24)20-13-7-3-2-4-8-13/h2-10H,11H2,1H3,(H,20,24). The fourth-order valence-corrected chi connectivity index (χ4v) is 3.32. The summed E-state index contributed by atoms with van der Waals surface area (Å²) in [5, 5.41) is 8.88. The third-order valence-corrected chi connectivity index (χ3v) is 4.57. The summed E-state index contributed by atoms with van der Waals surface area (Å²) in [5.41, 5.74) is 2.38. The van der Waals surface area contributed by atoms with E-state index in [0.29, 0.717) is 11.0 Å². The van der Waals surface area contributed by atoms with Gasteiger partial charge in [-0.1, -0.05) is 42.1 Å². The number of amides is 1. The number of benzene rings is 2. The van der Waals surface area contributed by atoms with Crippen LogP contribution in [0, 0.1) is 6.92 Å². The lowest BCUT2D eigenvalue weighted by atomic mass is 10.2. The average molecular weight is 349 g/mol. The number of fused-ring (bicyclic) bond motifs is 3. The fraction of sp³-hybridized carbons (Fsp3) is 0.111. The maximum atomic E-state index is 12.2. The number of aryl methyl sites for hydroxylation is 1. The maximum Gasteiger partial charge on any atom is 0.234 e. The number of hydrogen-bond donors (Lipinski definition) is 1. The Morgan fingerprint density at radius 3 is 2.68 bits per heavy atom. The Morgan fingerprint density at radius 2 is 1.84 bits per heavy atom. The minimum absolute atomic E-state index is 0.0869. The van der Waals surface area contributed by atoms with E-state index in [0.717, 1.165) is 22.2 Å². The van der Waals surface area contributed by atoms with Gasteiger partial charge in [0, 0.05) is 11.1 Å². The lowest BCUT2D eigenvalue weighted by Crippen LogP contribution is -2.14. The molecule has 4 rings (SSSR count). The van der Waals surface area contributed by atoms with Gasteiger partial charge >= 0.3 is 0 Å². The molecule has 2 aromatic heterocycles. The van der Waals surface area contributed by atoms with Gasteiger partial charge in [0.05, 0.1) is 11.3 Å². The highest BCUT2D eigenvalue weighted by Gasteiger charge is 2.13. The van der Waals surface area contributed by atoms with Crippen molar-refractivity contribution in [1.82, 2.24) is 19.6 Å². The van der Waals surface area contributed by atoms with Crippen molar-refractivity contribution in [1.29, 1.82) is 0 Å². The summed E-state index contributed by atoms with van der Waals surface area (Å²) >= 11 is 1.34. The van der Waals surface area contributed by atoms with Crippen molar-refractivity contribution in [3.8, 4) is 0 Å². The third kappa shape index (κ3) is 3.18. The van der Waals surface area contributed by atoms with Crippen LogP contribution in [-0.2, 0) is 4.79 Å². The molecular formula is C18H15N5OS. The number of carbonyl (C=O) groups is 1. The van der Waals surface area contributed by atoms with Crippen molar-refractivity contribution in [2.75, 3.05) is 11.1 Å². The molecular weight excluding hydrogens is 334 g/mol. The van der Waals surface area contributed by atoms with Gasteiger partial charge in [-0.15, -0.1) is 5.10 Å². The fourth-order valence-electron chi connectivity index (χ4n) is 2.58. The van der Waals surface area contributed by atoms with Crippen LogP contribution >= 0.6 is 11.8 Å². The molecule has 25 heavy (non-hydrogen) atoms. The number of anilines is 1. The Balaban J connectivity index is 1.61. The highest BCUT2D eigenvalue weighted by molar-refractivity contribution is 7.99. The second-order valence-electron chi connectivity index (χ2n) is 5.51. The first-order valence-corrected chi connectivity index (χ1v) is 8.79. The van der Waals surface area contributed by atoms with Crippen LogP contribution in [-0.4, -0.2) is 31.2 Å². The van der Waals surface area contributed by atoms with E-state index in [9.17, 15) is 4.79 Å². The summed E-state index contributed by atoms with van der Waals surface area (Å²) in [6.45, 7) is 1.85. The van der Waals surface area contributed by atoms with Gasteiger partial charge in [0.1, 0.15) is 5.82 Å². The van der Waals surface area contributed by atoms with Crippen molar-refractivity contribution in [3.05, 3.63) is 60.4 Å². The zero-order chi connectivity index (χ0) is 17.2. The Morgan fingerprint density at radius 1 is 1.08 bits per heavy atom. The summed E-state index contributed by atoms with van der Waals surface area (Å²) in [5.74, 6) is 0.832. The number of para-hydroxylation sites is 2. The summed E-state index contributed by atoms with van der Waals surface area (Å²) < 4.78 is 1.71. The van der Waals surface area contributed by atoms with Crippen molar-refractivity contribution >= 4 is 39.9 Å². The predicted octanol–water partition coefficient (Wildman–Crippen LogP) is 3.32. The first kappa shape index (κ1) is 15.6. The minimum atomic E-state index is -0.0869. The minimum Gasteiger partial charge on any atom is -0.325 e. The predicted molar refractivity (Wildman–Crippen MR) is 98.8 cm³/mol. The molecule has 0 aliphatic rings. The highest BCUT2D eigenvalue weighted by atomic mass is 32.2. The van der Waals surface area contributed by atoms with Crippen molar-refractivity contribution < 1.29 is 4.79 Å². The van der Waals surface area contributed by atoms with Crippen LogP contribution in [0.25, 0.3) is 16.6 Å². The zero-order valence-corrected chi connectivity index (χ0v) is 14.3. The summed E-state index contributed by atoms with van der Waals surface area (Å²) in [6.07, 6.45) is 0. The Hall–Kier alpha value is -2.93. The van der Waals surface area contributed by atoms with Crippen molar-refractivity contribution in [3.63, 3.8) is 0 Å². The molecule has 0 aliphatic carbocycles. The van der Waals surface area contributed by atoms with Gasteiger partial charge in [-0.3, -0.25) is 4.79 Å². The molecule has 0 bridgehead atoms. The number of hydrogen-bond acceptors (Lipinski definition) is 5. The van der Waals surface area contributed by atoms with Gasteiger partial charge in [0.2, 0.25) is 5.91 Å². The second-order valence-corrected chi connectivity index (χ2v) is 6.45. The summed E-state index contributed by atoms with van der Waals surface area (Å²) in [7, 11) is 0. The topological polar surface area (TPSA) is 72.2 Å². The number of nitrogens with one attached hydrogen (secondary N) is 1. The molecule has 1 N–H and O–H groups in total. The number of carbonyl (C=O) groups excluding carboxylic acids is 1. The molecule has 0 aliphatic heterocycles. The molecule has 124 valence electrons. The van der Waals surface area contributed by atoms with Crippen LogP contribution in [0.4, 0.5) is 5.69 Å². The van der Waals surface area contributed by atoms with Crippen LogP contribution in [0.2, 0.25) is 0 Å². The number of nitrogens with zero attached hydrogens (tertiary/aromatic N) is 4. The molecule has 0 fully saturated rings. The quantitative estimate of drug-likeness (QED) is 0.452. The molecule has 0 radical (unpaired) electrons. The third-order valence-electron chi connectivity index (χ3n) is 3.65. The molecule has 1 amide bonds. The molecule has 0 saturated heterocycles. The van der Waals surface area contributed by atoms with Gasteiger partial charge < -0.3 is 5.32 Å². The maximum absolute atomic E-state index is 12.2. The SMILES string of the molecule is Cc1nc2c3ccccc3nc(SCC(=O)Nc3ccccc3)n2n1. The van der Waals surface area contributed by atoms with Crippen LogP contribution in [0.3, 0.4) is 0 Å². The summed E-state index contributed by atoms with van der Waals surface area (Å²) in [6, 6.07) is 17.2. The van der Waals surface area contributed by atoms with E-state index < -0.39 is 0 Å².